The molecule has 0 spiro atoms. The van der Waals surface area contributed by atoms with Crippen LogP contribution in [0.4, 0.5) is 10.5 Å². The van der Waals surface area contributed by atoms with Crippen molar-refractivity contribution in [2.24, 2.45) is 0 Å². The highest BCUT2D eigenvalue weighted by molar-refractivity contribution is 5.95. The van der Waals surface area contributed by atoms with Crippen LogP contribution in [0.3, 0.4) is 0 Å². The van der Waals surface area contributed by atoms with Gasteiger partial charge < -0.3 is 30.2 Å². The van der Waals surface area contributed by atoms with E-state index >= 15 is 0 Å². The fourth-order valence-electron chi connectivity index (χ4n) is 3.50. The summed E-state index contributed by atoms with van der Waals surface area (Å²) in [5, 5.41) is 7.98. The van der Waals surface area contributed by atoms with Crippen molar-refractivity contribution in [1.82, 2.24) is 10.6 Å². The van der Waals surface area contributed by atoms with Crippen LogP contribution in [0.15, 0.2) is 59.8 Å². The number of benzene rings is 2. The second kappa shape index (κ2) is 11.7. The lowest BCUT2D eigenvalue weighted by Crippen LogP contribution is -2.45. The van der Waals surface area contributed by atoms with Gasteiger partial charge in [-0.05, 0) is 51.1 Å². The zero-order chi connectivity index (χ0) is 25.4. The Morgan fingerprint density at radius 1 is 0.943 bits per heavy atom. The van der Waals surface area contributed by atoms with Gasteiger partial charge in [0.25, 0.3) is 5.91 Å². The topological polar surface area (TPSA) is 132 Å². The van der Waals surface area contributed by atoms with Crippen LogP contribution in [-0.4, -0.2) is 43.7 Å². The average molecular weight is 482 g/mol. The van der Waals surface area contributed by atoms with Crippen molar-refractivity contribution in [2.75, 3.05) is 25.1 Å². The van der Waals surface area contributed by atoms with Crippen molar-refractivity contribution in [3.05, 3.63) is 70.9 Å². The normalized spacial score (nSPS) is 14.9. The van der Waals surface area contributed by atoms with Gasteiger partial charge in [0.05, 0.1) is 30.4 Å². The number of hydrogen-bond donors (Lipinski definition) is 3. The van der Waals surface area contributed by atoms with Crippen molar-refractivity contribution >= 4 is 29.6 Å². The molecule has 0 aromatic heterocycles. The minimum absolute atomic E-state index is 0.176. The lowest BCUT2D eigenvalue weighted by atomic mass is 9.95. The largest absolute Gasteiger partial charge is 0.483 e. The molecule has 1 unspecified atom stereocenters. The molecule has 184 valence electrons. The van der Waals surface area contributed by atoms with Crippen molar-refractivity contribution < 1.29 is 33.4 Å². The lowest BCUT2D eigenvalue weighted by molar-refractivity contribution is -0.139. The minimum atomic E-state index is -0.822. The Kier molecular flexibility index (Phi) is 8.44. The number of hydrogen-bond acceptors (Lipinski definition) is 7. The summed E-state index contributed by atoms with van der Waals surface area (Å²) in [6.45, 7) is 5.15. The highest BCUT2D eigenvalue weighted by Gasteiger charge is 2.33. The number of allylic oxidation sites excluding steroid dienone is 1. The van der Waals surface area contributed by atoms with Crippen LogP contribution in [-0.2, 0) is 19.1 Å². The molecule has 0 saturated heterocycles. The lowest BCUT2D eigenvalue weighted by Gasteiger charge is -2.29. The molecule has 0 fully saturated rings. The molecule has 0 saturated carbocycles. The number of esters is 2. The third-order valence-corrected chi connectivity index (χ3v) is 5.03. The Labute approximate surface area is 202 Å². The van der Waals surface area contributed by atoms with Crippen LogP contribution in [0.5, 0.6) is 5.75 Å². The Morgan fingerprint density at radius 3 is 2.29 bits per heavy atom. The number of rotatable bonds is 9. The van der Waals surface area contributed by atoms with Crippen molar-refractivity contribution in [1.29, 1.82) is 0 Å². The van der Waals surface area contributed by atoms with E-state index in [1.807, 2.05) is 0 Å². The summed E-state index contributed by atoms with van der Waals surface area (Å²) in [6, 6.07) is 11.8. The van der Waals surface area contributed by atoms with Crippen LogP contribution < -0.4 is 20.7 Å². The molecule has 3 N–H and O–H groups in total. The van der Waals surface area contributed by atoms with E-state index in [-0.39, 0.29) is 25.4 Å². The highest BCUT2D eigenvalue weighted by Crippen LogP contribution is 2.33. The van der Waals surface area contributed by atoms with Gasteiger partial charge in [-0.2, -0.15) is 0 Å². The second-order valence-corrected chi connectivity index (χ2v) is 7.46. The van der Waals surface area contributed by atoms with Gasteiger partial charge in [0.2, 0.25) is 0 Å². The second-order valence-electron chi connectivity index (χ2n) is 7.46. The molecule has 0 bridgehead atoms. The van der Waals surface area contributed by atoms with Gasteiger partial charge in [0, 0.05) is 16.9 Å². The Morgan fingerprint density at radius 2 is 1.60 bits per heavy atom. The summed E-state index contributed by atoms with van der Waals surface area (Å²) >= 11 is 0. The quantitative estimate of drug-likeness (QED) is 0.469. The number of amides is 3. The molecule has 3 rings (SSSR count). The van der Waals surface area contributed by atoms with E-state index in [1.165, 1.54) is 0 Å². The summed E-state index contributed by atoms with van der Waals surface area (Å²) in [5.74, 6) is -1.12. The Hall–Kier alpha value is -4.34. The van der Waals surface area contributed by atoms with Crippen LogP contribution in [0.1, 0.15) is 42.7 Å². The Balaban J connectivity index is 1.72. The third kappa shape index (κ3) is 6.38. The number of para-hydroxylation sites is 1. The van der Waals surface area contributed by atoms with E-state index in [0.29, 0.717) is 28.3 Å². The van der Waals surface area contributed by atoms with Crippen molar-refractivity contribution in [2.45, 2.75) is 26.8 Å². The molecule has 3 amide bonds. The first kappa shape index (κ1) is 25.3. The molecule has 1 aliphatic rings. The van der Waals surface area contributed by atoms with Crippen LogP contribution in [0.2, 0.25) is 0 Å². The van der Waals surface area contributed by atoms with E-state index in [1.54, 1.807) is 69.3 Å². The summed E-state index contributed by atoms with van der Waals surface area (Å²) in [6.07, 6.45) is 0. The molecular formula is C25H27N3O7. The van der Waals surface area contributed by atoms with Crippen molar-refractivity contribution in [3.63, 3.8) is 0 Å². The fraction of sp³-hybridized carbons (Fsp3) is 0.280. The van der Waals surface area contributed by atoms with Gasteiger partial charge in [0.1, 0.15) is 5.75 Å². The number of carbonyl (C=O) groups is 4. The van der Waals surface area contributed by atoms with Crippen molar-refractivity contribution in [3.8, 4) is 5.75 Å². The zero-order valence-corrected chi connectivity index (χ0v) is 19.7. The molecule has 10 nitrogen and oxygen atoms in total. The van der Waals surface area contributed by atoms with Gasteiger partial charge in [-0.1, -0.05) is 18.2 Å². The molecule has 35 heavy (non-hydrogen) atoms. The van der Waals surface area contributed by atoms with Crippen LogP contribution in [0, 0.1) is 0 Å². The average Bonchev–Trinajstić information content (AvgIpc) is 2.83. The van der Waals surface area contributed by atoms with Gasteiger partial charge in [0.15, 0.2) is 6.61 Å². The summed E-state index contributed by atoms with van der Waals surface area (Å²) in [7, 11) is 0. The van der Waals surface area contributed by atoms with Crippen LogP contribution in [0.25, 0.3) is 0 Å². The molecular weight excluding hydrogens is 454 g/mol. The standard InChI is InChI=1S/C25H27N3O7/c1-4-33-23(30)16-10-12-17(13-11-16)27-20(29)14-35-19-9-7-6-8-18(19)22-21(24(31)34-5-2)15(3)26-25(32)28-22/h6-13,22H,4-5,14H2,1-3H3,(H,27,29)(H2,26,28,32). The maximum atomic E-state index is 12.6. The van der Waals surface area contributed by atoms with E-state index in [2.05, 4.69) is 16.0 Å². The minimum Gasteiger partial charge on any atom is -0.483 e. The molecule has 1 aliphatic heterocycles. The van der Waals surface area contributed by atoms with Crippen LogP contribution >= 0.6 is 0 Å². The maximum Gasteiger partial charge on any atom is 0.338 e. The van der Waals surface area contributed by atoms with Gasteiger partial charge in [-0.3, -0.25) is 4.79 Å². The monoisotopic (exact) mass is 481 g/mol. The van der Waals surface area contributed by atoms with E-state index in [0.717, 1.165) is 0 Å². The first-order valence-corrected chi connectivity index (χ1v) is 11.1. The number of anilines is 1. The predicted molar refractivity (Wildman–Crippen MR) is 127 cm³/mol. The first-order chi connectivity index (χ1) is 16.8. The van der Waals surface area contributed by atoms with E-state index in [4.69, 9.17) is 14.2 Å². The first-order valence-electron chi connectivity index (χ1n) is 11.1. The van der Waals surface area contributed by atoms with E-state index in [9.17, 15) is 19.2 Å². The maximum absolute atomic E-state index is 12.6. The zero-order valence-electron chi connectivity index (χ0n) is 19.7. The number of nitrogens with one attached hydrogen (secondary N) is 3. The summed E-state index contributed by atoms with van der Waals surface area (Å²) in [4.78, 5) is 48.9. The van der Waals surface area contributed by atoms with Gasteiger partial charge in [-0.15, -0.1) is 0 Å². The van der Waals surface area contributed by atoms with Gasteiger partial charge >= 0.3 is 18.0 Å². The third-order valence-electron chi connectivity index (χ3n) is 5.03. The SMILES string of the molecule is CCOC(=O)C1=C(C)NC(=O)NC1c1ccccc1OCC(=O)Nc1ccc(C(=O)OCC)cc1. The highest BCUT2D eigenvalue weighted by atomic mass is 16.5. The molecule has 2 aromatic rings. The molecule has 10 heteroatoms. The Bertz CT molecular complexity index is 1140. The summed E-state index contributed by atoms with van der Waals surface area (Å²) < 4.78 is 15.8. The molecule has 1 heterocycles. The molecule has 2 aromatic carbocycles. The molecule has 0 radical (unpaired) electrons. The number of urea groups is 1. The number of ether oxygens (including phenoxy) is 3. The fourth-order valence-corrected chi connectivity index (χ4v) is 3.50. The predicted octanol–water partition coefficient (Wildman–Crippen LogP) is 3.07. The van der Waals surface area contributed by atoms with E-state index < -0.39 is 29.9 Å². The van der Waals surface area contributed by atoms with Gasteiger partial charge in [-0.25, -0.2) is 14.4 Å². The molecule has 0 aliphatic carbocycles. The summed E-state index contributed by atoms with van der Waals surface area (Å²) in [5.41, 5.74) is 1.97. The number of carbonyl (C=O) groups excluding carboxylic acids is 4. The smallest absolute Gasteiger partial charge is 0.338 e. The molecule has 1 atom stereocenters.